The van der Waals surface area contributed by atoms with Crippen molar-refractivity contribution in [3.8, 4) is 12.1 Å². The average Bonchev–Trinajstić information content (AvgIpc) is 3.71. The Bertz CT molecular complexity index is 799. The van der Waals surface area contributed by atoms with Crippen molar-refractivity contribution in [2.45, 2.75) is 156 Å². The number of ether oxygens (including phenoxy) is 2. The molecule has 6 heteroatoms. The zero-order chi connectivity index (χ0) is 29.8. The first-order valence-corrected chi connectivity index (χ1v) is 16.3. The van der Waals surface area contributed by atoms with Gasteiger partial charge in [0.15, 0.2) is 0 Å². The summed E-state index contributed by atoms with van der Waals surface area (Å²) in [5.41, 5.74) is -1.46. The number of rotatable bonds is 17. The fourth-order valence-electron chi connectivity index (χ4n) is 7.22. The molecule has 2 aliphatic rings. The fourth-order valence-corrected chi connectivity index (χ4v) is 7.22. The molecule has 4 unspecified atom stereocenters. The molecule has 0 aromatic heterocycles. The summed E-state index contributed by atoms with van der Waals surface area (Å²) in [5.74, 6) is 0.314. The van der Waals surface area contributed by atoms with Gasteiger partial charge >= 0.3 is 11.9 Å². The summed E-state index contributed by atoms with van der Waals surface area (Å²) in [6, 6.07) is 5.10. The van der Waals surface area contributed by atoms with Gasteiger partial charge in [-0.2, -0.15) is 10.5 Å². The van der Waals surface area contributed by atoms with Crippen LogP contribution < -0.4 is 0 Å². The molecule has 0 heterocycles. The van der Waals surface area contributed by atoms with Crippen molar-refractivity contribution in [2.24, 2.45) is 34.5 Å². The predicted octanol–water partition coefficient (Wildman–Crippen LogP) is 8.68. The highest BCUT2D eigenvalue weighted by Gasteiger charge is 2.47. The van der Waals surface area contributed by atoms with Crippen LogP contribution in [0.3, 0.4) is 0 Å². The van der Waals surface area contributed by atoms with Crippen molar-refractivity contribution in [3.05, 3.63) is 0 Å². The van der Waals surface area contributed by atoms with Crippen molar-refractivity contribution >= 4 is 11.9 Å². The molecule has 0 aliphatic heterocycles. The number of carbonyl (C=O) groups excluding carboxylic acids is 2. The average molecular weight is 557 g/mol. The minimum absolute atomic E-state index is 0.0746. The van der Waals surface area contributed by atoms with Gasteiger partial charge in [0, 0.05) is 0 Å². The van der Waals surface area contributed by atoms with Crippen LogP contribution in [0.4, 0.5) is 0 Å². The SMILES string of the molecule is CCC(CC)CC(OC(=O)CCC(=O)OC(CC(CC)CC)C(C)(C#N)C1CCCC1)C(C)(C#N)C1CCCC1. The first-order valence-electron chi connectivity index (χ1n) is 16.3. The second-order valence-corrected chi connectivity index (χ2v) is 13.0. The Hall–Kier alpha value is -2.08. The van der Waals surface area contributed by atoms with E-state index in [4.69, 9.17) is 9.47 Å². The van der Waals surface area contributed by atoms with Crippen molar-refractivity contribution in [1.82, 2.24) is 0 Å². The van der Waals surface area contributed by atoms with Gasteiger partial charge in [0.05, 0.1) is 35.8 Å². The van der Waals surface area contributed by atoms with Gasteiger partial charge < -0.3 is 9.47 Å². The molecule has 40 heavy (non-hydrogen) atoms. The fraction of sp³-hybridized carbons (Fsp3) is 0.882. The number of carbonyl (C=O) groups is 2. The molecule has 0 amide bonds. The molecule has 4 atom stereocenters. The van der Waals surface area contributed by atoms with Gasteiger partial charge in [0.1, 0.15) is 12.2 Å². The highest BCUT2D eigenvalue weighted by Crippen LogP contribution is 2.46. The molecule has 0 N–H and O–H groups in total. The van der Waals surface area contributed by atoms with E-state index in [0.29, 0.717) is 24.7 Å². The Labute approximate surface area is 244 Å². The first-order chi connectivity index (χ1) is 19.1. The van der Waals surface area contributed by atoms with Crippen LogP contribution in [0, 0.1) is 57.2 Å². The standard InChI is InChI=1S/C34H56N2O4/c1-7-25(8-2)21-29(33(5,23-35)27-15-11-12-16-27)39-31(37)19-20-32(38)40-30(22-26(9-3)10-4)34(6,24-36)28-17-13-14-18-28/h25-30H,7-22H2,1-6H3. The van der Waals surface area contributed by atoms with Crippen LogP contribution >= 0.6 is 0 Å². The number of hydrogen-bond donors (Lipinski definition) is 0. The summed E-state index contributed by atoms with van der Waals surface area (Å²) in [5, 5.41) is 20.5. The van der Waals surface area contributed by atoms with E-state index in [1.54, 1.807) is 0 Å². The Morgan fingerprint density at radius 3 is 1.23 bits per heavy atom. The van der Waals surface area contributed by atoms with Crippen LogP contribution in [-0.2, 0) is 19.1 Å². The Morgan fingerprint density at radius 1 is 0.675 bits per heavy atom. The molecule has 0 saturated heterocycles. The minimum atomic E-state index is -0.731. The lowest BCUT2D eigenvalue weighted by Crippen LogP contribution is -2.42. The molecule has 2 rings (SSSR count). The van der Waals surface area contributed by atoms with E-state index in [0.717, 1.165) is 77.0 Å². The molecule has 0 spiro atoms. The van der Waals surface area contributed by atoms with E-state index in [2.05, 4.69) is 39.8 Å². The molecule has 2 fully saturated rings. The lowest BCUT2D eigenvalue weighted by Gasteiger charge is -2.38. The molecule has 2 saturated carbocycles. The third-order valence-electron chi connectivity index (χ3n) is 10.7. The molecule has 0 bridgehead atoms. The quantitative estimate of drug-likeness (QED) is 0.166. The summed E-state index contributed by atoms with van der Waals surface area (Å²) in [6.07, 6.45) is 12.5. The predicted molar refractivity (Wildman–Crippen MR) is 158 cm³/mol. The highest BCUT2D eigenvalue weighted by molar-refractivity contribution is 5.78. The largest absolute Gasteiger partial charge is 0.461 e. The molecule has 226 valence electrons. The summed E-state index contributed by atoms with van der Waals surface area (Å²) in [6.45, 7) is 12.5. The van der Waals surface area contributed by atoms with E-state index in [1.807, 2.05) is 13.8 Å². The van der Waals surface area contributed by atoms with Crippen LogP contribution in [0.15, 0.2) is 0 Å². The van der Waals surface area contributed by atoms with Crippen LogP contribution in [-0.4, -0.2) is 24.1 Å². The zero-order valence-corrected chi connectivity index (χ0v) is 26.3. The summed E-state index contributed by atoms with van der Waals surface area (Å²) in [4.78, 5) is 26.2. The van der Waals surface area contributed by atoms with E-state index < -0.39 is 35.0 Å². The number of esters is 2. The van der Waals surface area contributed by atoms with Gasteiger partial charge in [-0.1, -0.05) is 79.1 Å². The second kappa shape index (κ2) is 16.4. The smallest absolute Gasteiger partial charge is 0.306 e. The number of nitriles is 2. The topological polar surface area (TPSA) is 100 Å². The second-order valence-electron chi connectivity index (χ2n) is 13.0. The highest BCUT2D eigenvalue weighted by atomic mass is 16.6. The third kappa shape index (κ3) is 8.71. The molecule has 2 aliphatic carbocycles. The van der Waals surface area contributed by atoms with Gasteiger partial charge in [0.2, 0.25) is 0 Å². The van der Waals surface area contributed by atoms with Crippen molar-refractivity contribution in [2.75, 3.05) is 0 Å². The Balaban J connectivity index is 2.11. The maximum absolute atomic E-state index is 13.1. The number of hydrogen-bond acceptors (Lipinski definition) is 6. The van der Waals surface area contributed by atoms with Gasteiger partial charge in [-0.15, -0.1) is 0 Å². The third-order valence-corrected chi connectivity index (χ3v) is 10.7. The lowest BCUT2D eigenvalue weighted by atomic mass is 9.70. The Morgan fingerprint density at radius 2 is 0.975 bits per heavy atom. The Kier molecular flexibility index (Phi) is 14.0. The first kappa shape index (κ1) is 34.1. The van der Waals surface area contributed by atoms with E-state index in [9.17, 15) is 20.1 Å². The lowest BCUT2D eigenvalue weighted by molar-refractivity contribution is -0.164. The molecule has 0 aromatic carbocycles. The van der Waals surface area contributed by atoms with E-state index >= 15 is 0 Å². The van der Waals surface area contributed by atoms with Gasteiger partial charge in [-0.25, -0.2) is 0 Å². The minimum Gasteiger partial charge on any atom is -0.461 e. The van der Waals surface area contributed by atoms with E-state index in [-0.39, 0.29) is 24.7 Å². The summed E-state index contributed by atoms with van der Waals surface area (Å²) < 4.78 is 12.1. The van der Waals surface area contributed by atoms with E-state index in [1.165, 1.54) is 0 Å². The van der Waals surface area contributed by atoms with Crippen molar-refractivity contribution < 1.29 is 19.1 Å². The molecular weight excluding hydrogens is 500 g/mol. The maximum Gasteiger partial charge on any atom is 0.306 e. The molecule has 6 nitrogen and oxygen atoms in total. The van der Waals surface area contributed by atoms with Gasteiger partial charge in [0.25, 0.3) is 0 Å². The maximum atomic E-state index is 13.1. The summed E-state index contributed by atoms with van der Waals surface area (Å²) in [7, 11) is 0. The zero-order valence-electron chi connectivity index (χ0n) is 26.3. The van der Waals surface area contributed by atoms with Gasteiger partial charge in [-0.05, 0) is 76.0 Å². The van der Waals surface area contributed by atoms with Crippen LogP contribution in [0.2, 0.25) is 0 Å². The molecule has 0 radical (unpaired) electrons. The monoisotopic (exact) mass is 556 g/mol. The van der Waals surface area contributed by atoms with Crippen LogP contribution in [0.5, 0.6) is 0 Å². The molecule has 0 aromatic rings. The van der Waals surface area contributed by atoms with Crippen LogP contribution in [0.25, 0.3) is 0 Å². The van der Waals surface area contributed by atoms with Crippen LogP contribution in [0.1, 0.15) is 144 Å². The molecular formula is C34H56N2O4. The van der Waals surface area contributed by atoms with Gasteiger partial charge in [-0.3, -0.25) is 9.59 Å². The summed E-state index contributed by atoms with van der Waals surface area (Å²) >= 11 is 0. The normalized spacial score (nSPS) is 20.9. The van der Waals surface area contributed by atoms with Crippen molar-refractivity contribution in [1.29, 1.82) is 10.5 Å². The van der Waals surface area contributed by atoms with Crippen molar-refractivity contribution in [3.63, 3.8) is 0 Å². The number of nitrogens with zero attached hydrogens (tertiary/aromatic N) is 2.